The molecule has 2 amide bonds. The molecule has 0 radical (unpaired) electrons. The molecule has 1 heterocycles. The Morgan fingerprint density at radius 1 is 1.00 bits per heavy atom. The van der Waals surface area contributed by atoms with Gasteiger partial charge >= 0.3 is 0 Å². The normalized spacial score (nSPS) is 14.3. The lowest BCUT2D eigenvalue weighted by Crippen LogP contribution is -2.36. The van der Waals surface area contributed by atoms with Crippen LogP contribution in [0.1, 0.15) is 95.1 Å². The van der Waals surface area contributed by atoms with Crippen LogP contribution in [0.4, 0.5) is 0 Å². The van der Waals surface area contributed by atoms with Crippen LogP contribution >= 0.6 is 0 Å². The average molecular weight is 501 g/mol. The predicted octanol–water partition coefficient (Wildman–Crippen LogP) is 2.36. The van der Waals surface area contributed by atoms with Crippen molar-refractivity contribution in [1.82, 2.24) is 15.0 Å². The molecule has 0 atom stereocenters. The van der Waals surface area contributed by atoms with E-state index in [9.17, 15) is 27.9 Å². The largest absolute Gasteiger partial charge is 0.543 e. The maximum atomic E-state index is 12.7. The van der Waals surface area contributed by atoms with E-state index in [2.05, 4.69) is 10.3 Å². The van der Waals surface area contributed by atoms with E-state index >= 15 is 0 Å². The van der Waals surface area contributed by atoms with E-state index in [0.29, 0.717) is 24.0 Å². The molecule has 35 heavy (non-hydrogen) atoms. The molecule has 1 fully saturated rings. The van der Waals surface area contributed by atoms with E-state index in [1.165, 1.54) is 36.8 Å². The summed E-state index contributed by atoms with van der Waals surface area (Å²) in [6.07, 6.45) is 9.07. The van der Waals surface area contributed by atoms with Crippen molar-refractivity contribution in [3.05, 3.63) is 58.9 Å². The number of aromatic carboxylic acids is 1. The van der Waals surface area contributed by atoms with Crippen LogP contribution in [-0.2, 0) is 16.4 Å². The Morgan fingerprint density at radius 2 is 1.69 bits per heavy atom. The van der Waals surface area contributed by atoms with E-state index in [1.54, 1.807) is 0 Å². The van der Waals surface area contributed by atoms with Gasteiger partial charge in [-0.25, -0.2) is 13.1 Å². The number of sulfonamides is 1. The van der Waals surface area contributed by atoms with Gasteiger partial charge in [0.15, 0.2) is 0 Å². The zero-order valence-electron chi connectivity index (χ0n) is 19.7. The third-order valence-electron chi connectivity index (χ3n) is 6.07. The van der Waals surface area contributed by atoms with Gasteiger partial charge in [-0.3, -0.25) is 14.6 Å². The molecule has 0 spiro atoms. The van der Waals surface area contributed by atoms with Crippen molar-refractivity contribution in [1.29, 1.82) is 0 Å². The predicted molar refractivity (Wildman–Crippen MR) is 127 cm³/mol. The van der Waals surface area contributed by atoms with Crippen LogP contribution in [-0.4, -0.2) is 37.2 Å². The Bertz CT molecular complexity index is 1170. The summed E-state index contributed by atoms with van der Waals surface area (Å²) in [5.41, 5.74) is 0.313. The number of nitrogens with zero attached hydrogens (tertiary/aromatic N) is 1. The maximum Gasteiger partial charge on any atom is 0.266 e. The highest BCUT2D eigenvalue weighted by molar-refractivity contribution is 7.90. The molecule has 188 valence electrons. The number of carbonyl (C=O) groups is 3. The average Bonchev–Trinajstić information content (AvgIpc) is 2.84. The van der Waals surface area contributed by atoms with Gasteiger partial charge in [0.1, 0.15) is 0 Å². The van der Waals surface area contributed by atoms with Gasteiger partial charge in [0.25, 0.3) is 21.8 Å². The van der Waals surface area contributed by atoms with Crippen LogP contribution in [0.3, 0.4) is 0 Å². The number of aryl methyl sites for hydroxylation is 1. The van der Waals surface area contributed by atoms with Crippen LogP contribution in [0.5, 0.6) is 0 Å². The molecule has 1 aliphatic rings. The van der Waals surface area contributed by atoms with Crippen molar-refractivity contribution in [3.63, 3.8) is 0 Å². The van der Waals surface area contributed by atoms with E-state index in [1.807, 2.05) is 11.6 Å². The molecule has 1 aromatic carbocycles. The second kappa shape index (κ2) is 11.9. The van der Waals surface area contributed by atoms with Crippen molar-refractivity contribution in [3.8, 4) is 0 Å². The molecule has 0 saturated heterocycles. The standard InChI is InChI=1S/C25H31N3O6S/c1-2-3-5-8-18-15-19(16-26-22(18)25(31)32)24(30)28-35(33,34)21-13-11-17(12-14-21)23(29)27-20-9-6-4-7-10-20/h11-16,20H,2-10H2,1H3,(H,27,29)(H,28,30)(H,31,32)/p-1. The van der Waals surface area contributed by atoms with Crippen molar-refractivity contribution in [2.75, 3.05) is 0 Å². The number of amides is 2. The van der Waals surface area contributed by atoms with Crippen molar-refractivity contribution in [2.45, 2.75) is 75.6 Å². The number of nitrogens with one attached hydrogen (secondary N) is 2. The second-order valence-corrected chi connectivity index (χ2v) is 10.4. The minimum absolute atomic E-state index is 0.0754. The molecule has 1 aliphatic carbocycles. The molecule has 2 aromatic rings. The Morgan fingerprint density at radius 3 is 2.31 bits per heavy atom. The van der Waals surface area contributed by atoms with Gasteiger partial charge in [-0.2, -0.15) is 0 Å². The summed E-state index contributed by atoms with van der Waals surface area (Å²) in [7, 11) is -4.23. The lowest BCUT2D eigenvalue weighted by molar-refractivity contribution is -0.255. The quantitative estimate of drug-likeness (QED) is 0.476. The Kier molecular flexibility index (Phi) is 8.97. The van der Waals surface area contributed by atoms with Gasteiger partial charge in [-0.05, 0) is 61.6 Å². The molecule has 1 aromatic heterocycles. The van der Waals surface area contributed by atoms with Gasteiger partial charge in [-0.15, -0.1) is 0 Å². The minimum atomic E-state index is -4.23. The molecular weight excluding hydrogens is 470 g/mol. The van der Waals surface area contributed by atoms with Crippen LogP contribution in [0.15, 0.2) is 41.4 Å². The summed E-state index contributed by atoms with van der Waals surface area (Å²) in [5, 5.41) is 14.3. The van der Waals surface area contributed by atoms with E-state index in [0.717, 1.165) is 44.7 Å². The molecule has 2 N–H and O–H groups in total. The smallest absolute Gasteiger partial charge is 0.266 e. The summed E-state index contributed by atoms with van der Waals surface area (Å²) < 4.78 is 27.4. The summed E-state index contributed by atoms with van der Waals surface area (Å²) in [6, 6.07) is 6.79. The number of pyridine rings is 1. The number of hydrogen-bond acceptors (Lipinski definition) is 7. The fourth-order valence-electron chi connectivity index (χ4n) is 4.12. The monoisotopic (exact) mass is 500 g/mol. The Hall–Kier alpha value is -3.27. The van der Waals surface area contributed by atoms with Crippen LogP contribution < -0.4 is 15.1 Å². The fourth-order valence-corrected chi connectivity index (χ4v) is 5.09. The maximum absolute atomic E-state index is 12.7. The number of benzene rings is 1. The van der Waals surface area contributed by atoms with Crippen LogP contribution in [0, 0.1) is 0 Å². The second-order valence-electron chi connectivity index (χ2n) is 8.74. The number of aromatic nitrogens is 1. The first-order chi connectivity index (χ1) is 16.7. The molecule has 9 nitrogen and oxygen atoms in total. The van der Waals surface area contributed by atoms with E-state index in [-0.39, 0.29) is 28.1 Å². The summed E-state index contributed by atoms with van der Waals surface area (Å²) in [4.78, 5) is 40.0. The number of rotatable bonds is 10. The molecule has 10 heteroatoms. The molecule has 0 bridgehead atoms. The molecule has 1 saturated carbocycles. The topological polar surface area (TPSA) is 145 Å². The number of carboxylic acids is 1. The van der Waals surface area contributed by atoms with Gasteiger partial charge in [-0.1, -0.05) is 39.0 Å². The summed E-state index contributed by atoms with van der Waals surface area (Å²) in [5.74, 6) is -2.65. The number of carboxylic acid groups (broad SMARTS) is 1. The van der Waals surface area contributed by atoms with Crippen LogP contribution in [0.2, 0.25) is 0 Å². The number of unbranched alkanes of at least 4 members (excludes halogenated alkanes) is 2. The molecule has 3 rings (SSSR count). The van der Waals surface area contributed by atoms with Gasteiger partial charge in [0.05, 0.1) is 22.1 Å². The first-order valence-corrected chi connectivity index (χ1v) is 13.4. The summed E-state index contributed by atoms with van der Waals surface area (Å²) >= 11 is 0. The van der Waals surface area contributed by atoms with Gasteiger partial charge in [0, 0.05) is 17.8 Å². The zero-order chi connectivity index (χ0) is 25.4. The highest BCUT2D eigenvalue weighted by Gasteiger charge is 2.21. The van der Waals surface area contributed by atoms with Crippen molar-refractivity contribution in [2.24, 2.45) is 0 Å². The highest BCUT2D eigenvalue weighted by Crippen LogP contribution is 2.19. The first-order valence-electron chi connectivity index (χ1n) is 11.9. The first kappa shape index (κ1) is 26.3. The van der Waals surface area contributed by atoms with Crippen molar-refractivity contribution < 1.29 is 27.9 Å². The Labute approximate surface area is 205 Å². The third kappa shape index (κ3) is 7.11. The number of hydrogen-bond donors (Lipinski definition) is 2. The SMILES string of the molecule is CCCCCc1cc(C(=O)NS(=O)(=O)c2ccc(C(=O)NC3CCCCC3)cc2)cnc1C(=O)[O-]. The van der Waals surface area contributed by atoms with Gasteiger partial charge in [0.2, 0.25) is 0 Å². The molecule has 0 aliphatic heterocycles. The van der Waals surface area contributed by atoms with Gasteiger partial charge < -0.3 is 15.2 Å². The highest BCUT2D eigenvalue weighted by atomic mass is 32.2. The van der Waals surface area contributed by atoms with E-state index < -0.39 is 21.9 Å². The molecular formula is C25H30N3O6S-. The fraction of sp³-hybridized carbons (Fsp3) is 0.440. The lowest BCUT2D eigenvalue weighted by atomic mass is 9.95. The third-order valence-corrected chi connectivity index (χ3v) is 7.41. The lowest BCUT2D eigenvalue weighted by Gasteiger charge is -2.22. The summed E-state index contributed by atoms with van der Waals surface area (Å²) in [6.45, 7) is 2.00. The van der Waals surface area contributed by atoms with Crippen LogP contribution in [0.25, 0.3) is 0 Å². The van der Waals surface area contributed by atoms with Crippen molar-refractivity contribution >= 4 is 27.8 Å². The van der Waals surface area contributed by atoms with E-state index in [4.69, 9.17) is 0 Å². The zero-order valence-corrected chi connectivity index (χ0v) is 20.5. The number of carbonyl (C=O) groups excluding carboxylic acids is 3. The molecule has 0 unspecified atom stereocenters. The Balaban J connectivity index is 1.70. The minimum Gasteiger partial charge on any atom is -0.543 e.